The molecular formula is C10H10BrClN2O2. The van der Waals surface area contributed by atoms with E-state index in [2.05, 4.69) is 25.7 Å². The third-order valence-electron chi connectivity index (χ3n) is 1.76. The van der Waals surface area contributed by atoms with Gasteiger partial charge in [-0.25, -0.2) is 9.79 Å². The van der Waals surface area contributed by atoms with Crippen LogP contribution in [0, 0.1) is 0 Å². The summed E-state index contributed by atoms with van der Waals surface area (Å²) in [6.45, 7) is 0. The minimum Gasteiger partial charge on any atom is -0.465 e. The lowest BCUT2D eigenvalue weighted by molar-refractivity contribution is 0.0599. The second-order valence-electron chi connectivity index (χ2n) is 2.89. The Bertz CT molecular complexity index is 435. The summed E-state index contributed by atoms with van der Waals surface area (Å²) in [6.07, 6.45) is 0. The van der Waals surface area contributed by atoms with Crippen LogP contribution in [0.5, 0.6) is 0 Å². The highest BCUT2D eigenvalue weighted by Gasteiger charge is 2.10. The Morgan fingerprint density at radius 3 is 2.88 bits per heavy atom. The van der Waals surface area contributed by atoms with Crippen molar-refractivity contribution in [2.45, 2.75) is 0 Å². The molecule has 1 aromatic rings. The zero-order valence-corrected chi connectivity index (χ0v) is 10.9. The standard InChI is InChI=1S/C10H10BrClN2O2/c1-16-10(15)7-4-6(2-3-8(7)11)14-9(13)5-12/h2-4H,5H2,1H3,(H2,13,14). The van der Waals surface area contributed by atoms with Crippen molar-refractivity contribution in [3.63, 3.8) is 0 Å². The van der Waals surface area contributed by atoms with Crippen molar-refractivity contribution in [1.82, 2.24) is 0 Å². The van der Waals surface area contributed by atoms with Crippen LogP contribution >= 0.6 is 27.5 Å². The largest absolute Gasteiger partial charge is 0.465 e. The first-order valence-corrected chi connectivity index (χ1v) is 5.68. The van der Waals surface area contributed by atoms with Crippen molar-refractivity contribution in [3.05, 3.63) is 28.2 Å². The van der Waals surface area contributed by atoms with Crippen molar-refractivity contribution >= 4 is 45.0 Å². The number of amidine groups is 1. The number of aliphatic imine (C=N–C) groups is 1. The first-order chi connectivity index (χ1) is 7.58. The molecule has 0 amide bonds. The van der Waals surface area contributed by atoms with Gasteiger partial charge >= 0.3 is 5.97 Å². The quantitative estimate of drug-likeness (QED) is 0.404. The minimum atomic E-state index is -0.437. The molecule has 16 heavy (non-hydrogen) atoms. The molecule has 86 valence electrons. The van der Waals surface area contributed by atoms with Crippen molar-refractivity contribution < 1.29 is 9.53 Å². The Morgan fingerprint density at radius 1 is 1.62 bits per heavy atom. The van der Waals surface area contributed by atoms with Crippen LogP contribution in [0.1, 0.15) is 10.4 Å². The van der Waals surface area contributed by atoms with E-state index >= 15 is 0 Å². The molecule has 0 aliphatic rings. The van der Waals surface area contributed by atoms with Crippen LogP contribution < -0.4 is 5.73 Å². The molecular weight excluding hydrogens is 295 g/mol. The van der Waals surface area contributed by atoms with Crippen LogP contribution in [0.2, 0.25) is 0 Å². The summed E-state index contributed by atoms with van der Waals surface area (Å²) >= 11 is 8.75. The number of ether oxygens (including phenoxy) is 1. The van der Waals surface area contributed by atoms with E-state index in [9.17, 15) is 4.79 Å². The number of nitrogens with zero attached hydrogens (tertiary/aromatic N) is 1. The number of benzene rings is 1. The Hall–Kier alpha value is -1.07. The van der Waals surface area contributed by atoms with E-state index in [-0.39, 0.29) is 5.88 Å². The molecule has 0 atom stereocenters. The fraction of sp³-hybridized carbons (Fsp3) is 0.200. The summed E-state index contributed by atoms with van der Waals surface area (Å²) < 4.78 is 5.27. The number of hydrogen-bond donors (Lipinski definition) is 1. The van der Waals surface area contributed by atoms with E-state index in [1.54, 1.807) is 18.2 Å². The summed E-state index contributed by atoms with van der Waals surface area (Å²) in [5.41, 5.74) is 6.44. The lowest BCUT2D eigenvalue weighted by Gasteiger charge is -2.03. The van der Waals surface area contributed by atoms with Crippen LogP contribution in [-0.2, 0) is 4.74 Å². The summed E-state index contributed by atoms with van der Waals surface area (Å²) in [7, 11) is 1.32. The Morgan fingerprint density at radius 2 is 2.31 bits per heavy atom. The topological polar surface area (TPSA) is 64.7 Å². The van der Waals surface area contributed by atoms with Gasteiger partial charge in [-0.1, -0.05) is 0 Å². The van der Waals surface area contributed by atoms with E-state index in [0.717, 1.165) is 0 Å². The highest BCUT2D eigenvalue weighted by Crippen LogP contribution is 2.23. The van der Waals surface area contributed by atoms with Crippen LogP contribution in [0.4, 0.5) is 5.69 Å². The highest BCUT2D eigenvalue weighted by atomic mass is 79.9. The maximum atomic E-state index is 11.4. The molecule has 0 unspecified atom stereocenters. The van der Waals surface area contributed by atoms with Crippen molar-refractivity contribution in [2.24, 2.45) is 10.7 Å². The fourth-order valence-corrected chi connectivity index (χ4v) is 1.51. The van der Waals surface area contributed by atoms with E-state index in [0.29, 0.717) is 21.6 Å². The zero-order chi connectivity index (χ0) is 12.1. The van der Waals surface area contributed by atoms with Crippen molar-refractivity contribution in [1.29, 1.82) is 0 Å². The Kier molecular flexibility index (Phi) is 4.76. The first-order valence-electron chi connectivity index (χ1n) is 4.35. The number of esters is 1. The zero-order valence-electron chi connectivity index (χ0n) is 8.54. The van der Waals surface area contributed by atoms with Gasteiger partial charge in [-0.2, -0.15) is 0 Å². The summed E-state index contributed by atoms with van der Waals surface area (Å²) in [5.74, 6) is -0.00273. The predicted molar refractivity (Wildman–Crippen MR) is 67.5 cm³/mol. The number of nitrogens with two attached hydrogens (primary N) is 1. The molecule has 0 aliphatic carbocycles. The molecule has 0 heterocycles. The van der Waals surface area contributed by atoms with E-state index in [1.807, 2.05) is 0 Å². The van der Waals surface area contributed by atoms with Gasteiger partial charge in [0.25, 0.3) is 0 Å². The first kappa shape index (κ1) is 13.0. The number of carbonyl (C=O) groups excluding carboxylic acids is 1. The molecule has 4 nitrogen and oxygen atoms in total. The fourth-order valence-electron chi connectivity index (χ4n) is 1.04. The second kappa shape index (κ2) is 5.86. The van der Waals surface area contributed by atoms with Crippen molar-refractivity contribution in [2.75, 3.05) is 13.0 Å². The number of alkyl halides is 1. The molecule has 0 aromatic heterocycles. The van der Waals surface area contributed by atoms with Gasteiger partial charge in [-0.3, -0.25) is 0 Å². The third kappa shape index (κ3) is 3.21. The Balaban J connectivity index is 3.12. The van der Waals surface area contributed by atoms with Gasteiger partial charge in [-0.05, 0) is 34.1 Å². The van der Waals surface area contributed by atoms with E-state index in [1.165, 1.54) is 7.11 Å². The average molecular weight is 306 g/mol. The molecule has 0 aliphatic heterocycles. The van der Waals surface area contributed by atoms with Gasteiger partial charge in [-0.15, -0.1) is 11.6 Å². The molecule has 0 saturated heterocycles. The van der Waals surface area contributed by atoms with Crippen LogP contribution in [0.15, 0.2) is 27.7 Å². The average Bonchev–Trinajstić information content (AvgIpc) is 2.30. The number of methoxy groups -OCH3 is 1. The lowest BCUT2D eigenvalue weighted by atomic mass is 10.2. The number of halogens is 2. The van der Waals surface area contributed by atoms with Gasteiger partial charge in [0.2, 0.25) is 0 Å². The maximum absolute atomic E-state index is 11.4. The number of rotatable bonds is 3. The molecule has 0 fully saturated rings. The van der Waals surface area contributed by atoms with Crippen LogP contribution in [0.3, 0.4) is 0 Å². The molecule has 0 radical (unpaired) electrons. The molecule has 0 bridgehead atoms. The normalized spacial score (nSPS) is 11.3. The van der Waals surface area contributed by atoms with Gasteiger partial charge in [0.05, 0.1) is 24.2 Å². The van der Waals surface area contributed by atoms with Crippen molar-refractivity contribution in [3.8, 4) is 0 Å². The van der Waals surface area contributed by atoms with Gasteiger partial charge in [0, 0.05) is 4.47 Å². The number of hydrogen-bond acceptors (Lipinski definition) is 3. The lowest BCUT2D eigenvalue weighted by Crippen LogP contribution is -2.12. The summed E-state index contributed by atoms with van der Waals surface area (Å²) in [6, 6.07) is 5.00. The molecule has 1 rings (SSSR count). The Labute approximate surface area is 107 Å². The summed E-state index contributed by atoms with van der Waals surface area (Å²) in [4.78, 5) is 15.4. The van der Waals surface area contributed by atoms with Gasteiger partial charge < -0.3 is 10.5 Å². The van der Waals surface area contributed by atoms with Gasteiger partial charge in [0.1, 0.15) is 5.84 Å². The molecule has 0 spiro atoms. The predicted octanol–water partition coefficient (Wildman–Crippen LogP) is 2.46. The molecule has 6 heteroatoms. The minimum absolute atomic E-state index is 0.142. The summed E-state index contributed by atoms with van der Waals surface area (Å²) in [5, 5.41) is 0. The van der Waals surface area contributed by atoms with E-state index < -0.39 is 5.97 Å². The smallest absolute Gasteiger partial charge is 0.339 e. The highest BCUT2D eigenvalue weighted by molar-refractivity contribution is 9.10. The monoisotopic (exact) mass is 304 g/mol. The van der Waals surface area contributed by atoms with E-state index in [4.69, 9.17) is 17.3 Å². The molecule has 0 saturated carbocycles. The second-order valence-corrected chi connectivity index (χ2v) is 4.01. The maximum Gasteiger partial charge on any atom is 0.339 e. The van der Waals surface area contributed by atoms with Gasteiger partial charge in [0.15, 0.2) is 0 Å². The SMILES string of the molecule is COC(=O)c1cc(N=C(N)CCl)ccc1Br. The van der Waals surface area contributed by atoms with Crippen LogP contribution in [-0.4, -0.2) is 24.8 Å². The third-order valence-corrected chi connectivity index (χ3v) is 2.73. The number of carbonyl (C=O) groups is 1. The molecule has 1 aromatic carbocycles. The molecule has 2 N–H and O–H groups in total. The van der Waals surface area contributed by atoms with Crippen LogP contribution in [0.25, 0.3) is 0 Å².